The lowest BCUT2D eigenvalue weighted by Gasteiger charge is -2.18. The van der Waals surface area contributed by atoms with Crippen molar-refractivity contribution in [2.75, 3.05) is 24.3 Å². The molecule has 2 N–H and O–H groups in total. The number of anilines is 1. The summed E-state index contributed by atoms with van der Waals surface area (Å²) in [6, 6.07) is 23.4. The number of carbonyl (C=O) groups excluding carboxylic acids is 1. The van der Waals surface area contributed by atoms with E-state index in [2.05, 4.69) is 20.5 Å². The minimum Gasteiger partial charge on any atom is -0.486 e. The van der Waals surface area contributed by atoms with Gasteiger partial charge in [0.2, 0.25) is 11.1 Å². The number of amides is 1. The molecule has 32 heavy (non-hydrogen) atoms. The van der Waals surface area contributed by atoms with Gasteiger partial charge in [0.05, 0.1) is 5.75 Å². The Bertz CT molecular complexity index is 1240. The molecular formula is C24H20N4O3S. The monoisotopic (exact) mass is 444 g/mol. The van der Waals surface area contributed by atoms with Crippen LogP contribution in [0.5, 0.6) is 11.5 Å². The lowest BCUT2D eigenvalue weighted by Crippen LogP contribution is -2.15. The van der Waals surface area contributed by atoms with Gasteiger partial charge in [-0.3, -0.25) is 9.89 Å². The number of H-pyrrole nitrogens is 1. The minimum absolute atomic E-state index is 0.121. The molecule has 0 fully saturated rings. The maximum Gasteiger partial charge on any atom is 0.234 e. The first-order chi connectivity index (χ1) is 15.8. The average molecular weight is 445 g/mol. The number of rotatable bonds is 6. The van der Waals surface area contributed by atoms with Crippen molar-refractivity contribution in [2.24, 2.45) is 0 Å². The number of hydrogen-bond donors (Lipinski definition) is 2. The van der Waals surface area contributed by atoms with E-state index in [0.717, 1.165) is 28.1 Å². The third-order valence-corrected chi connectivity index (χ3v) is 5.75. The Labute approximate surface area is 189 Å². The van der Waals surface area contributed by atoms with Crippen LogP contribution in [0.3, 0.4) is 0 Å². The molecule has 0 radical (unpaired) electrons. The van der Waals surface area contributed by atoms with Crippen LogP contribution in [0, 0.1) is 0 Å². The van der Waals surface area contributed by atoms with Gasteiger partial charge in [-0.1, -0.05) is 60.3 Å². The molecule has 0 saturated carbocycles. The molecule has 1 aliphatic rings. The second kappa shape index (κ2) is 9.15. The second-order valence-corrected chi connectivity index (χ2v) is 8.02. The molecule has 0 spiro atoms. The number of nitrogens with one attached hydrogen (secondary N) is 2. The molecule has 0 unspecified atom stereocenters. The predicted octanol–water partition coefficient (Wildman–Crippen LogP) is 4.64. The van der Waals surface area contributed by atoms with Crippen molar-refractivity contribution in [2.45, 2.75) is 5.16 Å². The number of carbonyl (C=O) groups is 1. The third-order valence-electron chi connectivity index (χ3n) is 4.90. The summed E-state index contributed by atoms with van der Waals surface area (Å²) in [5, 5.41) is 10.6. The van der Waals surface area contributed by atoms with Crippen LogP contribution in [0.4, 0.5) is 5.69 Å². The third kappa shape index (κ3) is 4.45. The van der Waals surface area contributed by atoms with Crippen molar-refractivity contribution < 1.29 is 14.3 Å². The fourth-order valence-electron chi connectivity index (χ4n) is 3.41. The van der Waals surface area contributed by atoms with Crippen molar-refractivity contribution in [3.05, 3.63) is 72.8 Å². The normalized spacial score (nSPS) is 12.4. The Morgan fingerprint density at radius 2 is 1.72 bits per heavy atom. The van der Waals surface area contributed by atoms with E-state index in [1.165, 1.54) is 11.8 Å². The lowest BCUT2D eigenvalue weighted by atomic mass is 10.0. The molecule has 8 heteroatoms. The number of para-hydroxylation sites is 1. The molecule has 0 atom stereocenters. The number of hydrogen-bond acceptors (Lipinski definition) is 6. The molecule has 1 aliphatic heterocycles. The Kier molecular flexibility index (Phi) is 5.76. The molecule has 5 rings (SSSR count). The molecule has 0 saturated heterocycles. The zero-order chi connectivity index (χ0) is 21.8. The van der Waals surface area contributed by atoms with E-state index in [-0.39, 0.29) is 11.7 Å². The molecular weight excluding hydrogens is 424 g/mol. The number of nitrogens with zero attached hydrogens (tertiary/aromatic N) is 2. The molecule has 3 aromatic carbocycles. The van der Waals surface area contributed by atoms with E-state index in [1.807, 2.05) is 72.8 Å². The van der Waals surface area contributed by atoms with E-state index < -0.39 is 0 Å². The first-order valence-electron chi connectivity index (χ1n) is 10.2. The topological polar surface area (TPSA) is 89.1 Å². The molecule has 160 valence electrons. The number of aromatic nitrogens is 3. The summed E-state index contributed by atoms with van der Waals surface area (Å²) < 4.78 is 11.2. The van der Waals surface area contributed by atoms with Gasteiger partial charge in [0.15, 0.2) is 17.3 Å². The van der Waals surface area contributed by atoms with E-state index >= 15 is 0 Å². The van der Waals surface area contributed by atoms with Crippen molar-refractivity contribution >= 4 is 23.4 Å². The van der Waals surface area contributed by atoms with Crippen LogP contribution in [0.15, 0.2) is 78.0 Å². The van der Waals surface area contributed by atoms with Crippen LogP contribution in [-0.2, 0) is 4.79 Å². The van der Waals surface area contributed by atoms with Gasteiger partial charge in [-0.05, 0) is 29.8 Å². The zero-order valence-electron chi connectivity index (χ0n) is 17.1. The number of benzene rings is 3. The summed E-state index contributed by atoms with van der Waals surface area (Å²) in [5.74, 6) is 2.10. The van der Waals surface area contributed by atoms with Gasteiger partial charge in [0.1, 0.15) is 13.2 Å². The van der Waals surface area contributed by atoms with Crippen LogP contribution in [-0.4, -0.2) is 40.1 Å². The summed E-state index contributed by atoms with van der Waals surface area (Å²) in [7, 11) is 0. The number of aromatic amines is 1. The SMILES string of the molecule is O=C(CSc1n[nH]c(-c2ccc3c(c2)OCCO3)n1)Nc1ccccc1-c1ccccc1. The fraction of sp³-hybridized carbons (Fsp3) is 0.125. The van der Waals surface area contributed by atoms with Crippen LogP contribution >= 0.6 is 11.8 Å². The van der Waals surface area contributed by atoms with Crippen LogP contribution < -0.4 is 14.8 Å². The summed E-state index contributed by atoms with van der Waals surface area (Å²) >= 11 is 1.27. The highest BCUT2D eigenvalue weighted by Crippen LogP contribution is 2.34. The van der Waals surface area contributed by atoms with Gasteiger partial charge in [-0.25, -0.2) is 4.98 Å². The van der Waals surface area contributed by atoms with Gasteiger partial charge >= 0.3 is 0 Å². The standard InChI is InChI=1S/C24H20N4O3S/c29-22(25-19-9-5-4-8-18(19)16-6-2-1-3-7-16)15-32-24-26-23(27-28-24)17-10-11-20-21(14-17)31-13-12-30-20/h1-11,14H,12-13,15H2,(H,25,29)(H,26,27,28). The maximum absolute atomic E-state index is 12.6. The largest absolute Gasteiger partial charge is 0.486 e. The van der Waals surface area contributed by atoms with E-state index in [1.54, 1.807) is 0 Å². The summed E-state index contributed by atoms with van der Waals surface area (Å²) in [4.78, 5) is 17.1. The summed E-state index contributed by atoms with van der Waals surface area (Å²) in [5.41, 5.74) is 3.64. The average Bonchev–Trinajstić information content (AvgIpc) is 3.32. The van der Waals surface area contributed by atoms with Crippen molar-refractivity contribution in [1.82, 2.24) is 15.2 Å². The zero-order valence-corrected chi connectivity index (χ0v) is 17.9. The molecule has 2 heterocycles. The number of fused-ring (bicyclic) bond motifs is 1. The molecule has 7 nitrogen and oxygen atoms in total. The van der Waals surface area contributed by atoms with Crippen LogP contribution in [0.1, 0.15) is 0 Å². The summed E-state index contributed by atoms with van der Waals surface area (Å²) in [6.45, 7) is 1.07. The predicted molar refractivity (Wildman–Crippen MR) is 124 cm³/mol. The molecule has 0 bridgehead atoms. The minimum atomic E-state index is -0.121. The molecule has 4 aromatic rings. The quantitative estimate of drug-likeness (QED) is 0.421. The van der Waals surface area contributed by atoms with Crippen LogP contribution in [0.2, 0.25) is 0 Å². The van der Waals surface area contributed by atoms with E-state index in [4.69, 9.17) is 9.47 Å². The molecule has 1 aromatic heterocycles. The van der Waals surface area contributed by atoms with E-state index in [9.17, 15) is 4.79 Å². The highest BCUT2D eigenvalue weighted by Gasteiger charge is 2.15. The van der Waals surface area contributed by atoms with Gasteiger partial charge in [-0.15, -0.1) is 5.10 Å². The van der Waals surface area contributed by atoms with Crippen molar-refractivity contribution in [1.29, 1.82) is 0 Å². The van der Waals surface area contributed by atoms with Gasteiger partial charge in [0.25, 0.3) is 0 Å². The fourth-order valence-corrected chi connectivity index (χ4v) is 4.01. The first kappa shape index (κ1) is 20.1. The lowest BCUT2D eigenvalue weighted by molar-refractivity contribution is -0.113. The Hall–Kier alpha value is -3.78. The van der Waals surface area contributed by atoms with Crippen molar-refractivity contribution in [3.63, 3.8) is 0 Å². The molecule has 0 aliphatic carbocycles. The number of ether oxygens (including phenoxy) is 2. The molecule has 1 amide bonds. The van der Waals surface area contributed by atoms with E-state index in [0.29, 0.717) is 29.9 Å². The summed E-state index contributed by atoms with van der Waals surface area (Å²) in [6.07, 6.45) is 0. The van der Waals surface area contributed by atoms with Crippen LogP contribution in [0.25, 0.3) is 22.5 Å². The number of thioether (sulfide) groups is 1. The van der Waals surface area contributed by atoms with Gasteiger partial charge < -0.3 is 14.8 Å². The second-order valence-electron chi connectivity index (χ2n) is 7.07. The Morgan fingerprint density at radius 1 is 0.938 bits per heavy atom. The smallest absolute Gasteiger partial charge is 0.234 e. The highest BCUT2D eigenvalue weighted by molar-refractivity contribution is 7.99. The first-order valence-corrected chi connectivity index (χ1v) is 11.1. The van der Waals surface area contributed by atoms with Gasteiger partial charge in [-0.2, -0.15) is 0 Å². The Morgan fingerprint density at radius 3 is 2.59 bits per heavy atom. The van der Waals surface area contributed by atoms with Gasteiger partial charge in [0, 0.05) is 16.8 Å². The maximum atomic E-state index is 12.6. The van der Waals surface area contributed by atoms with Crippen molar-refractivity contribution in [3.8, 4) is 34.0 Å². The Balaban J connectivity index is 1.23. The highest BCUT2D eigenvalue weighted by atomic mass is 32.2.